The molecule has 1 aliphatic heterocycles. The number of hydrazone groups is 1. The van der Waals surface area contributed by atoms with E-state index < -0.39 is 0 Å². The van der Waals surface area contributed by atoms with Gasteiger partial charge >= 0.3 is 0 Å². The Morgan fingerprint density at radius 3 is 2.33 bits per heavy atom. The third-order valence-corrected chi connectivity index (χ3v) is 5.81. The zero-order valence-electron chi connectivity index (χ0n) is 19.6. The monoisotopic (exact) mass is 441 g/mol. The number of benzene rings is 2. The van der Waals surface area contributed by atoms with Crippen LogP contribution in [0, 0.1) is 0 Å². The van der Waals surface area contributed by atoms with Gasteiger partial charge in [-0.15, -0.1) is 0 Å². The number of hydrogen-bond donors (Lipinski definition) is 1. The molecule has 0 spiro atoms. The van der Waals surface area contributed by atoms with Crippen LogP contribution in [0.1, 0.15) is 61.6 Å². The van der Waals surface area contributed by atoms with E-state index in [0.717, 1.165) is 42.8 Å². The number of rotatable bonds is 5. The van der Waals surface area contributed by atoms with Crippen LogP contribution in [0.5, 0.6) is 0 Å². The molecule has 0 unspecified atom stereocenters. The molecule has 33 heavy (non-hydrogen) atoms. The molecular weight excluding hydrogens is 410 g/mol. The van der Waals surface area contributed by atoms with Crippen LogP contribution in [0.15, 0.2) is 65.8 Å². The summed E-state index contributed by atoms with van der Waals surface area (Å²) in [7, 11) is 0. The molecule has 2 aromatic carbocycles. The number of piperidine rings is 1. The van der Waals surface area contributed by atoms with Crippen LogP contribution in [-0.2, 0) is 5.41 Å². The standard InChI is InChI=1S/C27H31N5O/c1-27(2,3)22-14-12-20(13-15-22)19-28-31-25(33)24-18-23(21-10-6-4-7-11-21)29-26(30-24)32-16-8-5-9-17-32/h4,6-7,10-15,18-19H,5,8-9,16-17H2,1-3H3,(H,31,33)/b28-19+. The van der Waals surface area contributed by atoms with Crippen molar-refractivity contribution in [3.8, 4) is 11.3 Å². The van der Waals surface area contributed by atoms with Crippen molar-refractivity contribution in [3.05, 3.63) is 77.5 Å². The lowest BCUT2D eigenvalue weighted by Gasteiger charge is -2.27. The minimum absolute atomic E-state index is 0.0967. The number of nitrogens with zero attached hydrogens (tertiary/aromatic N) is 4. The first-order valence-corrected chi connectivity index (χ1v) is 11.5. The van der Waals surface area contributed by atoms with Gasteiger partial charge in [0.1, 0.15) is 5.69 Å². The fourth-order valence-electron chi connectivity index (χ4n) is 3.83. The van der Waals surface area contributed by atoms with Gasteiger partial charge in [0.05, 0.1) is 11.9 Å². The number of aromatic nitrogens is 2. The number of carbonyl (C=O) groups excluding carboxylic acids is 1. The molecule has 6 heteroatoms. The Balaban J connectivity index is 1.54. The minimum Gasteiger partial charge on any atom is -0.341 e. The lowest BCUT2D eigenvalue weighted by atomic mass is 9.87. The summed E-state index contributed by atoms with van der Waals surface area (Å²) in [6, 6.07) is 19.8. The Labute approximate surface area is 195 Å². The van der Waals surface area contributed by atoms with Crippen molar-refractivity contribution >= 4 is 18.1 Å². The highest BCUT2D eigenvalue weighted by atomic mass is 16.2. The summed E-state index contributed by atoms with van der Waals surface area (Å²) in [5.74, 6) is 0.248. The van der Waals surface area contributed by atoms with Crippen LogP contribution in [0.4, 0.5) is 5.95 Å². The van der Waals surface area contributed by atoms with Gasteiger partial charge in [-0.05, 0) is 41.9 Å². The summed E-state index contributed by atoms with van der Waals surface area (Å²) in [6.45, 7) is 8.35. The van der Waals surface area contributed by atoms with E-state index in [4.69, 9.17) is 4.98 Å². The molecule has 1 aromatic heterocycles. The van der Waals surface area contributed by atoms with Crippen LogP contribution in [0.25, 0.3) is 11.3 Å². The van der Waals surface area contributed by atoms with E-state index in [0.29, 0.717) is 11.6 Å². The first-order valence-electron chi connectivity index (χ1n) is 11.5. The quantitative estimate of drug-likeness (QED) is 0.437. The molecule has 170 valence electrons. The minimum atomic E-state index is -0.351. The molecule has 4 rings (SSSR count). The summed E-state index contributed by atoms with van der Waals surface area (Å²) in [5, 5.41) is 4.16. The molecule has 0 saturated carbocycles. The van der Waals surface area contributed by atoms with E-state index in [1.165, 1.54) is 12.0 Å². The van der Waals surface area contributed by atoms with Gasteiger partial charge in [0, 0.05) is 18.7 Å². The van der Waals surface area contributed by atoms with Gasteiger partial charge < -0.3 is 4.90 Å². The predicted molar refractivity (Wildman–Crippen MR) is 134 cm³/mol. The normalized spacial score (nSPS) is 14.5. The highest BCUT2D eigenvalue weighted by molar-refractivity contribution is 5.94. The van der Waals surface area contributed by atoms with E-state index in [1.54, 1.807) is 12.3 Å². The molecule has 1 saturated heterocycles. The highest BCUT2D eigenvalue weighted by Gasteiger charge is 2.18. The van der Waals surface area contributed by atoms with Gasteiger partial charge in [0.2, 0.25) is 5.95 Å². The van der Waals surface area contributed by atoms with Gasteiger partial charge in [-0.3, -0.25) is 4.79 Å². The Morgan fingerprint density at radius 1 is 0.970 bits per heavy atom. The molecule has 0 radical (unpaired) electrons. The molecule has 1 N–H and O–H groups in total. The smallest absolute Gasteiger partial charge is 0.290 e. The third kappa shape index (κ3) is 5.83. The van der Waals surface area contributed by atoms with Gasteiger partial charge in [0.25, 0.3) is 5.91 Å². The lowest BCUT2D eigenvalue weighted by molar-refractivity contribution is 0.0950. The van der Waals surface area contributed by atoms with E-state index in [-0.39, 0.29) is 11.3 Å². The van der Waals surface area contributed by atoms with Crippen molar-refractivity contribution in [2.75, 3.05) is 18.0 Å². The number of nitrogens with one attached hydrogen (secondary N) is 1. The first kappa shape index (κ1) is 22.6. The summed E-state index contributed by atoms with van der Waals surface area (Å²) in [6.07, 6.45) is 5.08. The molecule has 1 fully saturated rings. The fourth-order valence-corrected chi connectivity index (χ4v) is 3.83. The summed E-state index contributed by atoms with van der Waals surface area (Å²) in [4.78, 5) is 24.4. The van der Waals surface area contributed by atoms with E-state index in [9.17, 15) is 4.79 Å². The van der Waals surface area contributed by atoms with Gasteiger partial charge in [-0.2, -0.15) is 5.10 Å². The van der Waals surface area contributed by atoms with Crippen molar-refractivity contribution in [3.63, 3.8) is 0 Å². The van der Waals surface area contributed by atoms with Crippen LogP contribution in [0.3, 0.4) is 0 Å². The fraction of sp³-hybridized carbons (Fsp3) is 0.333. The van der Waals surface area contributed by atoms with E-state index in [1.807, 2.05) is 42.5 Å². The second-order valence-corrected chi connectivity index (χ2v) is 9.42. The SMILES string of the molecule is CC(C)(C)c1ccc(/C=N/NC(=O)c2cc(-c3ccccc3)nc(N3CCCCC3)n2)cc1. The van der Waals surface area contributed by atoms with Crippen molar-refractivity contribution in [2.45, 2.75) is 45.4 Å². The predicted octanol–water partition coefficient (Wildman–Crippen LogP) is 5.20. The van der Waals surface area contributed by atoms with Crippen LogP contribution >= 0.6 is 0 Å². The molecule has 0 atom stereocenters. The van der Waals surface area contributed by atoms with Crippen molar-refractivity contribution in [1.29, 1.82) is 0 Å². The molecule has 2 heterocycles. The molecular formula is C27H31N5O. The molecule has 6 nitrogen and oxygen atoms in total. The summed E-state index contributed by atoms with van der Waals surface area (Å²) < 4.78 is 0. The van der Waals surface area contributed by atoms with Gasteiger partial charge in [0.15, 0.2) is 0 Å². The first-order chi connectivity index (χ1) is 15.9. The number of amides is 1. The molecule has 1 amide bonds. The van der Waals surface area contributed by atoms with Crippen LogP contribution < -0.4 is 10.3 Å². The van der Waals surface area contributed by atoms with Crippen molar-refractivity contribution in [1.82, 2.24) is 15.4 Å². The van der Waals surface area contributed by atoms with Crippen LogP contribution in [-0.4, -0.2) is 35.2 Å². The third-order valence-electron chi connectivity index (χ3n) is 5.81. The topological polar surface area (TPSA) is 70.5 Å². The van der Waals surface area contributed by atoms with Crippen molar-refractivity contribution < 1.29 is 4.79 Å². The maximum Gasteiger partial charge on any atom is 0.290 e. The summed E-state index contributed by atoms with van der Waals surface area (Å²) >= 11 is 0. The number of anilines is 1. The maximum atomic E-state index is 12.9. The molecule has 1 aliphatic rings. The number of carbonyl (C=O) groups is 1. The Morgan fingerprint density at radius 2 is 1.67 bits per heavy atom. The Kier molecular flexibility index (Phi) is 6.82. The largest absolute Gasteiger partial charge is 0.341 e. The van der Waals surface area contributed by atoms with Crippen molar-refractivity contribution in [2.24, 2.45) is 5.10 Å². The maximum absolute atomic E-state index is 12.9. The number of hydrogen-bond acceptors (Lipinski definition) is 5. The zero-order chi connectivity index (χ0) is 23.3. The average Bonchev–Trinajstić information content (AvgIpc) is 2.84. The van der Waals surface area contributed by atoms with E-state index >= 15 is 0 Å². The van der Waals surface area contributed by atoms with Gasteiger partial charge in [-0.1, -0.05) is 75.4 Å². The average molecular weight is 442 g/mol. The second-order valence-electron chi connectivity index (χ2n) is 9.42. The summed E-state index contributed by atoms with van der Waals surface area (Å²) in [5.41, 5.74) is 6.89. The Hall–Kier alpha value is -3.54. The zero-order valence-corrected chi connectivity index (χ0v) is 19.6. The lowest BCUT2D eigenvalue weighted by Crippen LogP contribution is -2.32. The Bertz CT molecular complexity index is 1110. The van der Waals surface area contributed by atoms with Crippen LogP contribution in [0.2, 0.25) is 0 Å². The second kappa shape index (κ2) is 9.94. The molecule has 0 aliphatic carbocycles. The highest BCUT2D eigenvalue weighted by Crippen LogP contribution is 2.23. The molecule has 0 bridgehead atoms. The molecule has 3 aromatic rings. The van der Waals surface area contributed by atoms with Gasteiger partial charge in [-0.25, -0.2) is 15.4 Å². The van der Waals surface area contributed by atoms with E-state index in [2.05, 4.69) is 53.3 Å².